The van der Waals surface area contributed by atoms with Crippen molar-refractivity contribution in [1.82, 2.24) is 0 Å². The largest absolute Gasteiger partial charge is 0.507 e. The van der Waals surface area contributed by atoms with Gasteiger partial charge in [0.2, 0.25) is 0 Å². The molecule has 1 aromatic rings. The minimum Gasteiger partial charge on any atom is -0.507 e. The normalized spacial score (nSPS) is 14.0. The fourth-order valence-corrected chi connectivity index (χ4v) is 4.22. The van der Waals surface area contributed by atoms with Crippen molar-refractivity contribution < 1.29 is 24.5 Å². The third-order valence-electron chi connectivity index (χ3n) is 3.14. The summed E-state index contributed by atoms with van der Waals surface area (Å²) in [6, 6.07) is 4.56. The van der Waals surface area contributed by atoms with Crippen LogP contribution in [0.3, 0.4) is 0 Å². The molecule has 23 heavy (non-hydrogen) atoms. The average Bonchev–Trinajstić information content (AvgIpc) is 2.97. The first kappa shape index (κ1) is 17.5. The molecule has 1 aromatic carbocycles. The number of esters is 1. The minimum absolute atomic E-state index is 0.00937. The summed E-state index contributed by atoms with van der Waals surface area (Å²) in [5.41, 5.74) is -0.139. The first-order valence-electron chi connectivity index (χ1n) is 6.72. The third-order valence-corrected chi connectivity index (χ3v) is 5.78. The number of carbonyl (C=O) groups excluding carboxylic acids is 1. The van der Waals surface area contributed by atoms with Gasteiger partial charge in [0.05, 0.1) is 26.7 Å². The highest BCUT2D eigenvalue weighted by molar-refractivity contribution is 8.24. The predicted octanol–water partition coefficient (Wildman–Crippen LogP) is 3.00. The van der Waals surface area contributed by atoms with Gasteiger partial charge < -0.3 is 19.7 Å². The second-order valence-electron chi connectivity index (χ2n) is 4.71. The lowest BCUT2D eigenvalue weighted by molar-refractivity contribution is -0.139. The van der Waals surface area contributed by atoms with Gasteiger partial charge in [-0.1, -0.05) is 23.5 Å². The third kappa shape index (κ3) is 3.93. The van der Waals surface area contributed by atoms with Crippen LogP contribution < -0.4 is 0 Å². The average molecular weight is 353 g/mol. The molecule has 1 aliphatic heterocycles. The molecule has 0 spiro atoms. The van der Waals surface area contributed by atoms with Gasteiger partial charge >= 0.3 is 5.97 Å². The van der Waals surface area contributed by atoms with Gasteiger partial charge in [0.15, 0.2) is 5.57 Å². The Balaban J connectivity index is 2.14. The van der Waals surface area contributed by atoms with Crippen molar-refractivity contribution in [3.05, 3.63) is 21.9 Å². The monoisotopic (exact) mass is 353 g/mol. The van der Waals surface area contributed by atoms with Crippen LogP contribution in [-0.4, -0.2) is 36.0 Å². The van der Waals surface area contributed by atoms with E-state index in [0.29, 0.717) is 20.4 Å². The number of methoxy groups -OCH3 is 1. The summed E-state index contributed by atoms with van der Waals surface area (Å²) in [5, 5.41) is 28.9. The maximum absolute atomic E-state index is 12.1. The summed E-state index contributed by atoms with van der Waals surface area (Å²) in [4.78, 5) is 12.9. The minimum atomic E-state index is -0.724. The molecule has 0 amide bonds. The van der Waals surface area contributed by atoms with E-state index in [1.165, 1.54) is 12.1 Å². The molecule has 1 unspecified atom stereocenters. The van der Waals surface area contributed by atoms with Gasteiger partial charge in [-0.25, -0.2) is 4.79 Å². The van der Waals surface area contributed by atoms with Crippen LogP contribution in [0.2, 0.25) is 0 Å². The van der Waals surface area contributed by atoms with Gasteiger partial charge in [0, 0.05) is 13.5 Å². The number of carbonyl (C=O) groups is 1. The quantitative estimate of drug-likeness (QED) is 0.361. The predicted molar refractivity (Wildman–Crippen MR) is 86.2 cm³/mol. The number of hydrogen-bond acceptors (Lipinski definition) is 8. The molecule has 0 radical (unpaired) electrons. The molecule has 0 aromatic heterocycles. The van der Waals surface area contributed by atoms with Crippen LogP contribution in [0.15, 0.2) is 31.7 Å². The van der Waals surface area contributed by atoms with Crippen molar-refractivity contribution in [2.75, 3.05) is 13.7 Å². The van der Waals surface area contributed by atoms with Crippen LogP contribution in [0.25, 0.3) is 0 Å². The Bertz CT molecular complexity index is 663. The number of fused-ring (bicyclic) bond motifs is 1. The van der Waals surface area contributed by atoms with Crippen LogP contribution in [0.5, 0.6) is 11.5 Å². The fourth-order valence-electron chi connectivity index (χ4n) is 1.73. The standard InChI is InChI=1S/C15H15NO5S2/c1-8(20-2)5-6-21-14(19)9(7-16)15-22-12-10(17)3-4-11(18)13(12)23-15/h3-4,8,17-18H,5-6H2,1-2H3. The number of phenolic OH excluding ortho intramolecular Hbond substituents is 2. The van der Waals surface area contributed by atoms with Crippen LogP contribution in [0.4, 0.5) is 0 Å². The van der Waals surface area contributed by atoms with Gasteiger partial charge in [-0.15, -0.1) is 0 Å². The molecule has 0 aliphatic carbocycles. The summed E-state index contributed by atoms with van der Waals surface area (Å²) in [5.74, 6) is -0.743. The number of nitriles is 1. The first-order valence-corrected chi connectivity index (χ1v) is 8.36. The number of benzene rings is 1. The Morgan fingerprint density at radius 2 is 1.87 bits per heavy atom. The molecule has 122 valence electrons. The van der Waals surface area contributed by atoms with E-state index in [9.17, 15) is 20.3 Å². The lowest BCUT2D eigenvalue weighted by Gasteiger charge is -2.09. The Kier molecular flexibility index (Phi) is 5.82. The van der Waals surface area contributed by atoms with E-state index in [-0.39, 0.29) is 29.8 Å². The maximum atomic E-state index is 12.1. The number of aromatic hydroxyl groups is 2. The highest BCUT2D eigenvalue weighted by atomic mass is 32.2. The Hall–Kier alpha value is -1.82. The maximum Gasteiger partial charge on any atom is 0.350 e. The zero-order valence-corrected chi connectivity index (χ0v) is 14.2. The molecule has 6 nitrogen and oxygen atoms in total. The number of ether oxygens (including phenoxy) is 2. The van der Waals surface area contributed by atoms with E-state index in [1.54, 1.807) is 7.11 Å². The van der Waals surface area contributed by atoms with Crippen LogP contribution in [0, 0.1) is 11.3 Å². The van der Waals surface area contributed by atoms with E-state index in [0.717, 1.165) is 23.5 Å². The van der Waals surface area contributed by atoms with Gasteiger partial charge in [-0.3, -0.25) is 0 Å². The van der Waals surface area contributed by atoms with Gasteiger partial charge in [-0.2, -0.15) is 5.26 Å². The number of thioether (sulfide) groups is 2. The first-order chi connectivity index (χ1) is 11.0. The zero-order chi connectivity index (χ0) is 17.0. The lowest BCUT2D eigenvalue weighted by atomic mass is 10.3. The summed E-state index contributed by atoms with van der Waals surface area (Å²) in [7, 11) is 1.57. The number of hydrogen-bond donors (Lipinski definition) is 2. The SMILES string of the molecule is COC(C)CCOC(=O)C(C#N)=C1Sc2c(O)ccc(O)c2S1. The van der Waals surface area contributed by atoms with Gasteiger partial charge in [0.1, 0.15) is 17.6 Å². The van der Waals surface area contributed by atoms with Gasteiger partial charge in [-0.05, 0) is 19.1 Å². The molecular weight excluding hydrogens is 338 g/mol. The molecular formula is C15H15NO5S2. The topological polar surface area (TPSA) is 99.8 Å². The van der Waals surface area contributed by atoms with Crippen molar-refractivity contribution in [3.63, 3.8) is 0 Å². The van der Waals surface area contributed by atoms with Crippen molar-refractivity contribution in [2.24, 2.45) is 0 Å². The lowest BCUT2D eigenvalue weighted by Crippen LogP contribution is -2.14. The van der Waals surface area contributed by atoms with Crippen LogP contribution >= 0.6 is 23.5 Å². The number of nitrogens with zero attached hydrogens (tertiary/aromatic N) is 1. The second-order valence-corrected chi connectivity index (χ2v) is 7.01. The molecule has 0 bridgehead atoms. The van der Waals surface area contributed by atoms with Crippen molar-refractivity contribution in [2.45, 2.75) is 29.2 Å². The molecule has 1 aliphatic rings. The van der Waals surface area contributed by atoms with Crippen LogP contribution in [0.1, 0.15) is 13.3 Å². The highest BCUT2D eigenvalue weighted by Gasteiger charge is 2.29. The summed E-state index contributed by atoms with van der Waals surface area (Å²) >= 11 is 2.13. The Morgan fingerprint density at radius 1 is 1.30 bits per heavy atom. The second kappa shape index (κ2) is 7.64. The molecule has 1 heterocycles. The zero-order valence-electron chi connectivity index (χ0n) is 12.5. The van der Waals surface area contributed by atoms with Gasteiger partial charge in [0.25, 0.3) is 0 Å². The van der Waals surface area contributed by atoms with Crippen molar-refractivity contribution in [3.8, 4) is 17.6 Å². The van der Waals surface area contributed by atoms with E-state index < -0.39 is 5.97 Å². The molecule has 0 fully saturated rings. The molecule has 0 saturated carbocycles. The molecule has 2 N–H and O–H groups in total. The van der Waals surface area contributed by atoms with E-state index >= 15 is 0 Å². The van der Waals surface area contributed by atoms with Crippen LogP contribution in [-0.2, 0) is 14.3 Å². The summed E-state index contributed by atoms with van der Waals surface area (Å²) < 4.78 is 10.5. The smallest absolute Gasteiger partial charge is 0.350 e. The summed E-state index contributed by atoms with van der Waals surface area (Å²) in [6.45, 7) is 1.99. The highest BCUT2D eigenvalue weighted by Crippen LogP contribution is 2.58. The van der Waals surface area contributed by atoms with E-state index in [2.05, 4.69) is 0 Å². The Labute approximate surface area is 142 Å². The molecule has 8 heteroatoms. The molecule has 2 rings (SSSR count). The summed E-state index contributed by atoms with van der Waals surface area (Å²) in [6.07, 6.45) is 0.479. The number of phenols is 2. The van der Waals surface area contributed by atoms with E-state index in [1.807, 2.05) is 13.0 Å². The Morgan fingerprint density at radius 3 is 2.35 bits per heavy atom. The fraction of sp³-hybridized carbons (Fsp3) is 0.333. The number of rotatable bonds is 5. The van der Waals surface area contributed by atoms with E-state index in [4.69, 9.17) is 9.47 Å². The van der Waals surface area contributed by atoms with Crippen molar-refractivity contribution >= 4 is 29.5 Å². The van der Waals surface area contributed by atoms with Crippen molar-refractivity contribution in [1.29, 1.82) is 5.26 Å². The molecule has 1 atom stereocenters. The molecule has 0 saturated heterocycles.